The monoisotopic (exact) mass is 489 g/mol. The van der Waals surface area contributed by atoms with Crippen LogP contribution in [0.4, 0.5) is 4.39 Å². The van der Waals surface area contributed by atoms with Gasteiger partial charge in [-0.05, 0) is 74.6 Å². The molecule has 0 atom stereocenters. The third-order valence-electron chi connectivity index (χ3n) is 7.53. The first-order valence-corrected chi connectivity index (χ1v) is 12.8. The maximum absolute atomic E-state index is 14.8. The number of aromatic nitrogens is 4. The van der Waals surface area contributed by atoms with Crippen LogP contribution in [0.3, 0.4) is 0 Å². The topological polar surface area (TPSA) is 59.4 Å². The number of hydrogen-bond acceptors (Lipinski definition) is 3. The van der Waals surface area contributed by atoms with Crippen molar-refractivity contribution in [1.29, 1.82) is 5.26 Å². The summed E-state index contributed by atoms with van der Waals surface area (Å²) in [5.41, 5.74) is 7.43. The zero-order chi connectivity index (χ0) is 25.5. The van der Waals surface area contributed by atoms with Crippen LogP contribution in [-0.2, 0) is 6.54 Å². The SMILES string of the molecule is Cc1cc(C)n(-c2ccc(-c3ncc4c(ccn4CC4CCCC4)c3-c3ccc(C#N)c(F)c3)cc2)n1. The molecule has 5 nitrogen and oxygen atoms in total. The van der Waals surface area contributed by atoms with Crippen molar-refractivity contribution in [2.45, 2.75) is 46.1 Å². The summed E-state index contributed by atoms with van der Waals surface area (Å²) in [6.07, 6.45) is 9.20. The predicted octanol–water partition coefficient (Wildman–Crippen LogP) is 7.37. The minimum Gasteiger partial charge on any atom is -0.346 e. The summed E-state index contributed by atoms with van der Waals surface area (Å²) in [4.78, 5) is 4.93. The Kier molecular flexibility index (Phi) is 5.84. The molecular formula is C31H28FN5. The van der Waals surface area contributed by atoms with Crippen molar-refractivity contribution >= 4 is 10.9 Å². The highest BCUT2D eigenvalue weighted by atomic mass is 19.1. The van der Waals surface area contributed by atoms with E-state index in [1.165, 1.54) is 31.7 Å². The molecule has 3 heterocycles. The second-order valence-corrected chi connectivity index (χ2v) is 10.1. The average Bonchev–Trinajstić information content (AvgIpc) is 3.64. The molecule has 3 aromatic heterocycles. The summed E-state index contributed by atoms with van der Waals surface area (Å²) in [5.74, 6) is 0.168. The summed E-state index contributed by atoms with van der Waals surface area (Å²) < 4.78 is 19.0. The first-order chi connectivity index (χ1) is 18.0. The zero-order valence-corrected chi connectivity index (χ0v) is 21.1. The molecule has 1 aliphatic rings. The van der Waals surface area contributed by atoms with Gasteiger partial charge in [-0.15, -0.1) is 0 Å². The van der Waals surface area contributed by atoms with Gasteiger partial charge in [-0.2, -0.15) is 10.4 Å². The molecule has 0 bridgehead atoms. The molecule has 0 aliphatic heterocycles. The standard InChI is InChI=1S/C31H28FN5/c1-20-15-21(2)37(35-20)26-11-9-23(10-12-26)31-30(24-7-8-25(17-33)28(32)16-24)27-13-14-36(29(27)18-34-31)19-22-5-3-4-6-22/h7-16,18,22H,3-6,19H2,1-2H3. The Labute approximate surface area is 215 Å². The molecule has 0 unspecified atom stereocenters. The molecule has 1 aliphatic carbocycles. The smallest absolute Gasteiger partial charge is 0.141 e. The Morgan fingerprint density at radius 3 is 2.43 bits per heavy atom. The fourth-order valence-electron chi connectivity index (χ4n) is 5.71. The number of benzene rings is 2. The van der Waals surface area contributed by atoms with Gasteiger partial charge >= 0.3 is 0 Å². The van der Waals surface area contributed by atoms with Crippen molar-refractivity contribution in [1.82, 2.24) is 19.3 Å². The molecule has 1 fully saturated rings. The summed E-state index contributed by atoms with van der Waals surface area (Å²) in [5, 5.41) is 14.9. The van der Waals surface area contributed by atoms with Crippen LogP contribution in [0.2, 0.25) is 0 Å². The summed E-state index contributed by atoms with van der Waals surface area (Å²) >= 11 is 0. The normalized spacial score (nSPS) is 13.9. The minimum atomic E-state index is -0.520. The molecule has 5 aromatic rings. The maximum Gasteiger partial charge on any atom is 0.141 e. The number of rotatable bonds is 5. The summed E-state index contributed by atoms with van der Waals surface area (Å²) in [6.45, 7) is 5.00. The Morgan fingerprint density at radius 1 is 1.00 bits per heavy atom. The van der Waals surface area contributed by atoms with E-state index in [1.54, 1.807) is 6.07 Å². The molecular weight excluding hydrogens is 461 g/mol. The van der Waals surface area contributed by atoms with Crippen molar-refractivity contribution in [2.75, 3.05) is 0 Å². The number of pyridine rings is 1. The van der Waals surface area contributed by atoms with Crippen molar-refractivity contribution in [3.8, 4) is 34.1 Å². The number of nitriles is 1. The predicted molar refractivity (Wildman–Crippen MR) is 144 cm³/mol. The van der Waals surface area contributed by atoms with E-state index in [1.807, 2.05) is 61.1 Å². The molecule has 6 rings (SSSR count). The molecule has 0 spiro atoms. The van der Waals surface area contributed by atoms with Gasteiger partial charge in [-0.1, -0.05) is 31.0 Å². The lowest BCUT2D eigenvalue weighted by Crippen LogP contribution is -2.06. The van der Waals surface area contributed by atoms with E-state index in [9.17, 15) is 9.65 Å². The highest BCUT2D eigenvalue weighted by Gasteiger charge is 2.20. The van der Waals surface area contributed by atoms with Crippen LogP contribution in [0.5, 0.6) is 0 Å². The number of fused-ring (bicyclic) bond motifs is 1. The third-order valence-corrected chi connectivity index (χ3v) is 7.53. The number of nitrogens with zero attached hydrogens (tertiary/aromatic N) is 5. The van der Waals surface area contributed by atoms with E-state index < -0.39 is 5.82 Å². The van der Waals surface area contributed by atoms with Gasteiger partial charge in [-0.25, -0.2) is 9.07 Å². The van der Waals surface area contributed by atoms with E-state index in [0.717, 1.165) is 51.3 Å². The van der Waals surface area contributed by atoms with Gasteiger partial charge in [0.25, 0.3) is 0 Å². The van der Waals surface area contributed by atoms with Crippen molar-refractivity contribution < 1.29 is 4.39 Å². The lowest BCUT2D eigenvalue weighted by atomic mass is 9.95. The fraction of sp³-hybridized carbons (Fsp3) is 0.258. The highest BCUT2D eigenvalue weighted by molar-refractivity contribution is 6.01. The number of aryl methyl sites for hydroxylation is 2. The van der Waals surface area contributed by atoms with Crippen LogP contribution < -0.4 is 0 Å². The van der Waals surface area contributed by atoms with E-state index in [0.29, 0.717) is 11.5 Å². The summed E-state index contributed by atoms with van der Waals surface area (Å²) in [7, 11) is 0. The molecule has 0 radical (unpaired) electrons. The van der Waals surface area contributed by atoms with E-state index in [4.69, 9.17) is 4.98 Å². The molecule has 0 saturated heterocycles. The molecule has 184 valence electrons. The van der Waals surface area contributed by atoms with Gasteiger partial charge in [0.2, 0.25) is 0 Å². The largest absolute Gasteiger partial charge is 0.346 e. The van der Waals surface area contributed by atoms with Crippen molar-refractivity contribution in [3.05, 3.63) is 89.8 Å². The van der Waals surface area contributed by atoms with Crippen molar-refractivity contribution in [2.24, 2.45) is 5.92 Å². The minimum absolute atomic E-state index is 0.0403. The van der Waals surface area contributed by atoms with Gasteiger partial charge in [0.1, 0.15) is 11.9 Å². The second kappa shape index (κ2) is 9.33. The molecule has 2 aromatic carbocycles. The third kappa shape index (κ3) is 4.21. The van der Waals surface area contributed by atoms with Gasteiger partial charge in [-0.3, -0.25) is 4.98 Å². The van der Waals surface area contributed by atoms with Crippen LogP contribution in [-0.4, -0.2) is 19.3 Å². The van der Waals surface area contributed by atoms with Crippen LogP contribution in [0, 0.1) is 36.9 Å². The molecule has 6 heteroatoms. The Hall–Kier alpha value is -4.24. The van der Waals surface area contributed by atoms with Gasteiger partial charge in [0.05, 0.1) is 34.4 Å². The Morgan fingerprint density at radius 2 is 1.76 bits per heavy atom. The van der Waals surface area contributed by atoms with Crippen LogP contribution in [0.15, 0.2) is 67.0 Å². The Balaban J connectivity index is 1.49. The van der Waals surface area contributed by atoms with E-state index in [2.05, 4.69) is 28.0 Å². The van der Waals surface area contributed by atoms with Crippen LogP contribution in [0.1, 0.15) is 42.6 Å². The maximum atomic E-state index is 14.8. The fourth-order valence-corrected chi connectivity index (χ4v) is 5.71. The van der Waals surface area contributed by atoms with Gasteiger partial charge < -0.3 is 4.57 Å². The van der Waals surface area contributed by atoms with Crippen LogP contribution in [0.25, 0.3) is 39.0 Å². The molecule has 1 saturated carbocycles. The lowest BCUT2D eigenvalue weighted by Gasteiger charge is -2.15. The van der Waals surface area contributed by atoms with Gasteiger partial charge in [0, 0.05) is 34.9 Å². The van der Waals surface area contributed by atoms with Crippen LogP contribution >= 0.6 is 0 Å². The second-order valence-electron chi connectivity index (χ2n) is 10.1. The highest BCUT2D eigenvalue weighted by Crippen LogP contribution is 2.38. The van der Waals surface area contributed by atoms with Crippen molar-refractivity contribution in [3.63, 3.8) is 0 Å². The first kappa shape index (κ1) is 23.2. The number of halogens is 1. The zero-order valence-electron chi connectivity index (χ0n) is 21.1. The van der Waals surface area contributed by atoms with Gasteiger partial charge in [0.15, 0.2) is 0 Å². The van der Waals surface area contributed by atoms with E-state index >= 15 is 0 Å². The quantitative estimate of drug-likeness (QED) is 0.259. The molecule has 0 N–H and O–H groups in total. The first-order valence-electron chi connectivity index (χ1n) is 12.8. The number of hydrogen-bond donors (Lipinski definition) is 0. The molecule has 37 heavy (non-hydrogen) atoms. The lowest BCUT2D eigenvalue weighted by molar-refractivity contribution is 0.466. The van der Waals surface area contributed by atoms with E-state index in [-0.39, 0.29) is 5.56 Å². The average molecular weight is 490 g/mol. The Bertz CT molecular complexity index is 1650. The summed E-state index contributed by atoms with van der Waals surface area (Å²) in [6, 6.07) is 19.1. The molecule has 0 amide bonds.